The third kappa shape index (κ3) is 3.80. The first-order chi connectivity index (χ1) is 9.08. The second-order valence-corrected chi connectivity index (χ2v) is 5.74. The lowest BCUT2D eigenvalue weighted by Gasteiger charge is -2.27. The highest BCUT2D eigenvalue weighted by Gasteiger charge is 2.19. The molecule has 19 heavy (non-hydrogen) atoms. The maximum Gasteiger partial charge on any atom is 0.167 e. The summed E-state index contributed by atoms with van der Waals surface area (Å²) in [6.07, 6.45) is 6.72. The Morgan fingerprint density at radius 1 is 1.32 bits per heavy atom. The van der Waals surface area contributed by atoms with Crippen LogP contribution in [0.2, 0.25) is 5.02 Å². The van der Waals surface area contributed by atoms with Crippen LogP contribution in [0, 0.1) is 5.82 Å². The third-order valence-corrected chi connectivity index (χ3v) is 4.09. The molecule has 0 unspecified atom stereocenters. The van der Waals surface area contributed by atoms with Gasteiger partial charge in [0.05, 0.1) is 5.02 Å². The Morgan fingerprint density at radius 3 is 2.63 bits per heavy atom. The average Bonchev–Trinajstić information content (AvgIpc) is 2.89. The van der Waals surface area contributed by atoms with E-state index in [-0.39, 0.29) is 5.82 Å². The summed E-state index contributed by atoms with van der Waals surface area (Å²) in [5.41, 5.74) is 0. The molecule has 0 atom stereocenters. The molecule has 2 rings (SSSR count). The van der Waals surface area contributed by atoms with Gasteiger partial charge in [-0.2, -0.15) is 0 Å². The van der Waals surface area contributed by atoms with Gasteiger partial charge in [0.2, 0.25) is 0 Å². The van der Waals surface area contributed by atoms with Gasteiger partial charge >= 0.3 is 0 Å². The van der Waals surface area contributed by atoms with Gasteiger partial charge in [-0.1, -0.05) is 24.4 Å². The summed E-state index contributed by atoms with van der Waals surface area (Å²) in [4.78, 5) is 8.27. The number of halogens is 2. The standard InChI is InChI=1S/C14H21ClFN3/c1-18(12-5-3-4-6-12)7-8-19(2)14-13(16)9-11(15)10-17-14/h9-10,12H,3-8H2,1-2H3. The number of aromatic nitrogens is 1. The fraction of sp³-hybridized carbons (Fsp3) is 0.643. The number of hydrogen-bond donors (Lipinski definition) is 0. The van der Waals surface area contributed by atoms with Crippen LogP contribution in [0.5, 0.6) is 0 Å². The van der Waals surface area contributed by atoms with Crippen LogP contribution < -0.4 is 4.90 Å². The second-order valence-electron chi connectivity index (χ2n) is 5.30. The van der Waals surface area contributed by atoms with E-state index in [1.807, 2.05) is 11.9 Å². The van der Waals surface area contributed by atoms with E-state index < -0.39 is 0 Å². The zero-order valence-electron chi connectivity index (χ0n) is 11.6. The van der Waals surface area contributed by atoms with Crippen molar-refractivity contribution in [2.75, 3.05) is 32.1 Å². The molecule has 1 saturated carbocycles. The monoisotopic (exact) mass is 285 g/mol. The fourth-order valence-electron chi connectivity index (χ4n) is 2.63. The van der Waals surface area contributed by atoms with Crippen LogP contribution in [-0.2, 0) is 0 Å². The molecule has 0 spiro atoms. The zero-order valence-corrected chi connectivity index (χ0v) is 12.3. The Morgan fingerprint density at radius 2 is 2.00 bits per heavy atom. The van der Waals surface area contributed by atoms with Gasteiger partial charge in [-0.15, -0.1) is 0 Å². The maximum absolute atomic E-state index is 13.7. The van der Waals surface area contributed by atoms with Crippen LogP contribution >= 0.6 is 11.6 Å². The fourth-order valence-corrected chi connectivity index (χ4v) is 2.77. The van der Waals surface area contributed by atoms with Crippen LogP contribution in [0.15, 0.2) is 12.3 Å². The van der Waals surface area contributed by atoms with Crippen LogP contribution in [-0.4, -0.2) is 43.1 Å². The second kappa shape index (κ2) is 6.53. The van der Waals surface area contributed by atoms with E-state index in [4.69, 9.17) is 11.6 Å². The Balaban J connectivity index is 1.88. The van der Waals surface area contributed by atoms with Crippen molar-refractivity contribution in [2.24, 2.45) is 0 Å². The Hall–Kier alpha value is -0.870. The van der Waals surface area contributed by atoms with Crippen LogP contribution in [0.3, 0.4) is 0 Å². The van der Waals surface area contributed by atoms with Crippen LogP contribution in [0.25, 0.3) is 0 Å². The van der Waals surface area contributed by atoms with Gasteiger partial charge in [-0.25, -0.2) is 9.37 Å². The maximum atomic E-state index is 13.7. The Labute approximate surface area is 119 Å². The van der Waals surface area contributed by atoms with Crippen molar-refractivity contribution in [3.8, 4) is 0 Å². The summed E-state index contributed by atoms with van der Waals surface area (Å²) in [6, 6.07) is 2.00. The molecule has 0 amide bonds. The van der Waals surface area contributed by atoms with Gasteiger partial charge in [0.1, 0.15) is 0 Å². The van der Waals surface area contributed by atoms with Crippen molar-refractivity contribution in [1.29, 1.82) is 0 Å². The third-order valence-electron chi connectivity index (χ3n) is 3.89. The molecule has 0 aromatic carbocycles. The SMILES string of the molecule is CN(CCN(C)C1CCCC1)c1ncc(Cl)cc1F. The lowest BCUT2D eigenvalue weighted by Crippen LogP contribution is -2.36. The smallest absolute Gasteiger partial charge is 0.167 e. The predicted molar refractivity (Wildman–Crippen MR) is 77.4 cm³/mol. The average molecular weight is 286 g/mol. The number of likely N-dealkylation sites (N-methyl/N-ethyl adjacent to an activating group) is 2. The largest absolute Gasteiger partial charge is 0.356 e. The van der Waals surface area contributed by atoms with Gasteiger partial charge in [0, 0.05) is 32.4 Å². The number of anilines is 1. The summed E-state index contributed by atoms with van der Waals surface area (Å²) in [6.45, 7) is 1.68. The van der Waals surface area contributed by atoms with Gasteiger partial charge in [0.25, 0.3) is 0 Å². The number of nitrogens with zero attached hydrogens (tertiary/aromatic N) is 3. The predicted octanol–water partition coefficient (Wildman–Crippen LogP) is 3.18. The molecular formula is C14H21ClFN3. The van der Waals surface area contributed by atoms with Gasteiger partial charge in [0.15, 0.2) is 11.6 Å². The minimum absolute atomic E-state index is 0.331. The molecule has 1 aliphatic rings. The van der Waals surface area contributed by atoms with E-state index in [9.17, 15) is 4.39 Å². The van der Waals surface area contributed by atoms with Crippen molar-refractivity contribution in [2.45, 2.75) is 31.7 Å². The highest BCUT2D eigenvalue weighted by Crippen LogP contribution is 2.22. The molecule has 1 aromatic heterocycles. The molecule has 0 saturated heterocycles. The molecule has 106 valence electrons. The first-order valence-corrected chi connectivity index (χ1v) is 7.18. The molecule has 1 heterocycles. The summed E-state index contributed by atoms with van der Waals surface area (Å²) < 4.78 is 13.7. The van der Waals surface area contributed by atoms with E-state index in [2.05, 4.69) is 16.9 Å². The minimum Gasteiger partial charge on any atom is -0.356 e. The highest BCUT2D eigenvalue weighted by atomic mass is 35.5. The molecule has 5 heteroatoms. The summed E-state index contributed by atoms with van der Waals surface area (Å²) in [5.74, 6) is 0.00254. The highest BCUT2D eigenvalue weighted by molar-refractivity contribution is 6.30. The van der Waals surface area contributed by atoms with Crippen molar-refractivity contribution in [3.05, 3.63) is 23.1 Å². The lowest BCUT2D eigenvalue weighted by atomic mass is 10.2. The molecule has 0 radical (unpaired) electrons. The van der Waals surface area contributed by atoms with Crippen molar-refractivity contribution in [3.63, 3.8) is 0 Å². The number of hydrogen-bond acceptors (Lipinski definition) is 3. The zero-order chi connectivity index (χ0) is 13.8. The van der Waals surface area contributed by atoms with Gasteiger partial charge in [-0.05, 0) is 26.0 Å². The van der Waals surface area contributed by atoms with Crippen molar-refractivity contribution < 1.29 is 4.39 Å². The number of rotatable bonds is 5. The van der Waals surface area contributed by atoms with Gasteiger partial charge in [-0.3, -0.25) is 0 Å². The number of pyridine rings is 1. The van der Waals surface area contributed by atoms with E-state index in [1.54, 1.807) is 0 Å². The summed E-state index contributed by atoms with van der Waals surface area (Å²) in [5, 5.41) is 0.331. The van der Waals surface area contributed by atoms with Crippen molar-refractivity contribution >= 4 is 17.4 Å². The van der Waals surface area contributed by atoms with Gasteiger partial charge < -0.3 is 9.80 Å². The van der Waals surface area contributed by atoms with E-state index in [0.29, 0.717) is 16.9 Å². The van der Waals surface area contributed by atoms with Crippen molar-refractivity contribution in [1.82, 2.24) is 9.88 Å². The normalized spacial score (nSPS) is 16.3. The van der Waals surface area contributed by atoms with Crippen LogP contribution in [0.1, 0.15) is 25.7 Å². The lowest BCUT2D eigenvalue weighted by molar-refractivity contribution is 0.251. The first-order valence-electron chi connectivity index (χ1n) is 6.80. The molecule has 1 aliphatic carbocycles. The van der Waals surface area contributed by atoms with E-state index >= 15 is 0 Å². The van der Waals surface area contributed by atoms with E-state index in [1.165, 1.54) is 37.9 Å². The first kappa shape index (κ1) is 14.5. The Bertz CT molecular complexity index is 421. The molecule has 0 aliphatic heterocycles. The quantitative estimate of drug-likeness (QED) is 0.828. The van der Waals surface area contributed by atoms with Crippen LogP contribution in [0.4, 0.5) is 10.2 Å². The van der Waals surface area contributed by atoms with E-state index in [0.717, 1.165) is 13.1 Å². The molecule has 1 fully saturated rings. The summed E-state index contributed by atoms with van der Waals surface area (Å²) in [7, 11) is 4.01. The Kier molecular flexibility index (Phi) is 4.99. The molecule has 1 aromatic rings. The molecular weight excluding hydrogens is 265 g/mol. The summed E-state index contributed by atoms with van der Waals surface area (Å²) >= 11 is 5.71. The minimum atomic E-state index is -0.362. The topological polar surface area (TPSA) is 19.4 Å². The molecule has 0 bridgehead atoms. The molecule has 0 N–H and O–H groups in total. The molecule has 3 nitrogen and oxygen atoms in total.